The molecule has 4 saturated carbocycles. The van der Waals surface area contributed by atoms with Gasteiger partial charge in [-0.05, 0) is 69.1 Å². The Morgan fingerprint density at radius 3 is 2.10 bits per heavy atom. The first-order chi connectivity index (χ1) is 9.90. The highest BCUT2D eigenvalue weighted by molar-refractivity contribution is 5.87. The minimum atomic E-state index is -0.811. The Morgan fingerprint density at radius 2 is 1.67 bits per heavy atom. The number of esters is 1. The number of hydrogen-bond acceptors (Lipinski definition) is 3. The number of rotatable bonds is 5. The van der Waals surface area contributed by atoms with E-state index in [0.29, 0.717) is 23.8 Å². The van der Waals surface area contributed by atoms with Gasteiger partial charge in [-0.15, -0.1) is 0 Å². The van der Waals surface area contributed by atoms with Crippen LogP contribution in [0.15, 0.2) is 12.2 Å². The fourth-order valence-corrected chi connectivity index (χ4v) is 5.17. The Bertz CT molecular complexity index is 451. The molecule has 1 N–H and O–H groups in total. The molecule has 0 spiro atoms. The van der Waals surface area contributed by atoms with Crippen molar-refractivity contribution in [3.05, 3.63) is 12.2 Å². The monoisotopic (exact) mass is 292 g/mol. The second kappa shape index (κ2) is 5.15. The van der Waals surface area contributed by atoms with Gasteiger partial charge in [0.05, 0.1) is 0 Å². The minimum Gasteiger partial charge on any atom is -0.481 e. The lowest BCUT2D eigenvalue weighted by atomic mass is 9.49. The van der Waals surface area contributed by atoms with Gasteiger partial charge in [0.1, 0.15) is 5.60 Å². The molecule has 0 atom stereocenters. The summed E-state index contributed by atoms with van der Waals surface area (Å²) in [5.74, 6) is 1.04. The molecular formula is C17H24O4. The fraction of sp³-hybridized carbons (Fsp3) is 0.765. The van der Waals surface area contributed by atoms with Gasteiger partial charge in [-0.3, -0.25) is 4.79 Å². The van der Waals surface area contributed by atoms with Crippen LogP contribution in [0.4, 0.5) is 0 Å². The van der Waals surface area contributed by atoms with Crippen molar-refractivity contribution in [1.29, 1.82) is 0 Å². The Balaban J connectivity index is 1.86. The molecule has 4 bridgehead atoms. The summed E-state index contributed by atoms with van der Waals surface area (Å²) in [6.07, 6.45) is 6.22. The largest absolute Gasteiger partial charge is 0.481 e. The number of ether oxygens (including phenoxy) is 1. The standard InChI is InChI=1S/C17H24O4/c1-10(2)16(20)21-17(4-3-15(18)19)13-6-11-5-12(8-13)9-14(17)7-11/h11-14H,1,3-9H2,2H3,(H,18,19). The van der Waals surface area contributed by atoms with Crippen molar-refractivity contribution < 1.29 is 19.4 Å². The quantitative estimate of drug-likeness (QED) is 0.624. The Kier molecular flexibility index (Phi) is 3.58. The van der Waals surface area contributed by atoms with Crippen molar-refractivity contribution in [2.45, 2.75) is 57.5 Å². The van der Waals surface area contributed by atoms with Gasteiger partial charge >= 0.3 is 11.9 Å². The molecule has 0 unspecified atom stereocenters. The second-order valence-electron chi connectivity index (χ2n) is 7.32. The Labute approximate surface area is 125 Å². The fourth-order valence-electron chi connectivity index (χ4n) is 5.17. The molecular weight excluding hydrogens is 268 g/mol. The van der Waals surface area contributed by atoms with E-state index in [1.165, 1.54) is 6.42 Å². The summed E-state index contributed by atoms with van der Waals surface area (Å²) in [5, 5.41) is 9.07. The number of carbonyl (C=O) groups excluding carboxylic acids is 1. The molecule has 0 aromatic carbocycles. The highest BCUT2D eigenvalue weighted by atomic mass is 16.6. The van der Waals surface area contributed by atoms with Crippen LogP contribution in [0.2, 0.25) is 0 Å². The molecule has 4 aliphatic carbocycles. The first kappa shape index (κ1) is 14.6. The highest BCUT2D eigenvalue weighted by Crippen LogP contribution is 2.61. The van der Waals surface area contributed by atoms with Crippen molar-refractivity contribution in [2.24, 2.45) is 23.7 Å². The van der Waals surface area contributed by atoms with Crippen LogP contribution in [-0.2, 0) is 14.3 Å². The molecule has 0 heterocycles. The average molecular weight is 292 g/mol. The molecule has 4 heteroatoms. The molecule has 4 aliphatic rings. The molecule has 21 heavy (non-hydrogen) atoms. The van der Waals surface area contributed by atoms with E-state index in [1.54, 1.807) is 6.92 Å². The van der Waals surface area contributed by atoms with Crippen LogP contribution in [-0.4, -0.2) is 22.6 Å². The van der Waals surface area contributed by atoms with Crippen molar-refractivity contribution in [2.75, 3.05) is 0 Å². The van der Waals surface area contributed by atoms with Gasteiger partial charge in [0, 0.05) is 12.0 Å². The summed E-state index contributed by atoms with van der Waals surface area (Å²) in [6, 6.07) is 0. The van der Waals surface area contributed by atoms with E-state index in [2.05, 4.69) is 6.58 Å². The SMILES string of the molecule is C=C(C)C(=O)OC1(CCC(=O)O)C2CC3CC(C2)CC1C3. The lowest BCUT2D eigenvalue weighted by Crippen LogP contribution is -2.59. The first-order valence-electron chi connectivity index (χ1n) is 8.01. The second-order valence-corrected chi connectivity index (χ2v) is 7.32. The number of carboxylic acids is 1. The van der Waals surface area contributed by atoms with Crippen LogP contribution in [0, 0.1) is 23.7 Å². The van der Waals surface area contributed by atoms with E-state index < -0.39 is 11.6 Å². The maximum atomic E-state index is 12.1. The molecule has 4 nitrogen and oxygen atoms in total. The molecule has 0 radical (unpaired) electrons. The predicted octanol–water partition coefficient (Wildman–Crippen LogP) is 3.17. The van der Waals surface area contributed by atoms with E-state index in [-0.39, 0.29) is 12.4 Å². The van der Waals surface area contributed by atoms with Crippen LogP contribution in [0.1, 0.15) is 51.9 Å². The van der Waals surface area contributed by atoms with Gasteiger partial charge in [0.2, 0.25) is 0 Å². The summed E-state index contributed by atoms with van der Waals surface area (Å²) in [6.45, 7) is 5.33. The predicted molar refractivity (Wildman–Crippen MR) is 77.6 cm³/mol. The molecule has 116 valence electrons. The van der Waals surface area contributed by atoms with E-state index in [4.69, 9.17) is 9.84 Å². The van der Waals surface area contributed by atoms with Gasteiger partial charge in [-0.1, -0.05) is 6.58 Å². The maximum Gasteiger partial charge on any atom is 0.333 e. The van der Waals surface area contributed by atoms with Gasteiger partial charge in [-0.2, -0.15) is 0 Å². The van der Waals surface area contributed by atoms with E-state index in [1.807, 2.05) is 0 Å². The van der Waals surface area contributed by atoms with Gasteiger partial charge < -0.3 is 9.84 Å². The average Bonchev–Trinajstić information content (AvgIpc) is 2.40. The summed E-state index contributed by atoms with van der Waals surface area (Å²) in [5.41, 5.74) is -0.152. The topological polar surface area (TPSA) is 63.6 Å². The first-order valence-corrected chi connectivity index (χ1v) is 8.01. The molecule has 0 aromatic rings. The van der Waals surface area contributed by atoms with Gasteiger partial charge in [0.25, 0.3) is 0 Å². The maximum absolute atomic E-state index is 12.1. The Hall–Kier alpha value is -1.32. The van der Waals surface area contributed by atoms with Crippen molar-refractivity contribution in [1.82, 2.24) is 0 Å². The van der Waals surface area contributed by atoms with Crippen LogP contribution < -0.4 is 0 Å². The van der Waals surface area contributed by atoms with Crippen LogP contribution in [0.25, 0.3) is 0 Å². The van der Waals surface area contributed by atoms with Crippen LogP contribution in [0.5, 0.6) is 0 Å². The molecule has 4 rings (SSSR count). The van der Waals surface area contributed by atoms with Gasteiger partial charge in [-0.25, -0.2) is 4.79 Å². The van der Waals surface area contributed by atoms with Crippen molar-refractivity contribution in [3.8, 4) is 0 Å². The normalized spacial score (nSPS) is 40.0. The molecule has 0 amide bonds. The van der Waals surface area contributed by atoms with Crippen molar-refractivity contribution >= 4 is 11.9 Å². The number of aliphatic carboxylic acids is 1. The lowest BCUT2D eigenvalue weighted by Gasteiger charge is -2.60. The van der Waals surface area contributed by atoms with E-state index >= 15 is 0 Å². The third-order valence-electron chi connectivity index (χ3n) is 5.88. The number of hydrogen-bond donors (Lipinski definition) is 1. The van der Waals surface area contributed by atoms with E-state index in [0.717, 1.165) is 37.5 Å². The number of carbonyl (C=O) groups is 2. The summed E-state index contributed by atoms with van der Waals surface area (Å²) in [7, 11) is 0. The summed E-state index contributed by atoms with van der Waals surface area (Å²) >= 11 is 0. The Morgan fingerprint density at radius 1 is 1.14 bits per heavy atom. The molecule has 4 fully saturated rings. The van der Waals surface area contributed by atoms with Crippen LogP contribution in [0.3, 0.4) is 0 Å². The molecule has 0 aromatic heterocycles. The minimum absolute atomic E-state index is 0.0752. The zero-order valence-corrected chi connectivity index (χ0v) is 12.6. The zero-order valence-electron chi connectivity index (χ0n) is 12.6. The smallest absolute Gasteiger partial charge is 0.333 e. The molecule has 0 aliphatic heterocycles. The zero-order chi connectivity index (χ0) is 15.2. The lowest BCUT2D eigenvalue weighted by molar-refractivity contribution is -0.209. The third-order valence-corrected chi connectivity index (χ3v) is 5.88. The van der Waals surface area contributed by atoms with Crippen LogP contribution >= 0.6 is 0 Å². The summed E-state index contributed by atoms with van der Waals surface area (Å²) < 4.78 is 5.92. The highest BCUT2D eigenvalue weighted by Gasteiger charge is 2.59. The van der Waals surface area contributed by atoms with Crippen molar-refractivity contribution in [3.63, 3.8) is 0 Å². The third kappa shape index (κ3) is 2.49. The van der Waals surface area contributed by atoms with Gasteiger partial charge in [0.15, 0.2) is 0 Å². The molecule has 0 saturated heterocycles. The summed E-state index contributed by atoms with van der Waals surface area (Å²) in [4.78, 5) is 23.2. The van der Waals surface area contributed by atoms with E-state index in [9.17, 15) is 9.59 Å². The number of carboxylic acid groups (broad SMARTS) is 1.